The van der Waals surface area contributed by atoms with E-state index in [-0.39, 0.29) is 5.82 Å². The van der Waals surface area contributed by atoms with Gasteiger partial charge in [-0.3, -0.25) is 0 Å². The molecule has 88 valence electrons. The maximum Gasteiger partial charge on any atom is 0.137 e. The molecule has 1 aromatic carbocycles. The smallest absolute Gasteiger partial charge is 0.137 e. The molecule has 0 atom stereocenters. The van der Waals surface area contributed by atoms with Gasteiger partial charge in [0.05, 0.1) is 4.47 Å². The second-order valence-corrected chi connectivity index (χ2v) is 4.87. The molecule has 1 aliphatic rings. The molecule has 0 aromatic heterocycles. The van der Waals surface area contributed by atoms with Crippen molar-refractivity contribution in [1.82, 2.24) is 5.32 Å². The maximum atomic E-state index is 13.3. The van der Waals surface area contributed by atoms with Crippen molar-refractivity contribution in [1.29, 1.82) is 0 Å². The average Bonchev–Trinajstić information content (AvgIpc) is 2.32. The molecule has 16 heavy (non-hydrogen) atoms. The zero-order valence-corrected chi connectivity index (χ0v) is 10.6. The van der Waals surface area contributed by atoms with Crippen molar-refractivity contribution in [2.24, 2.45) is 0 Å². The van der Waals surface area contributed by atoms with Gasteiger partial charge >= 0.3 is 0 Å². The van der Waals surface area contributed by atoms with Crippen molar-refractivity contribution in [2.45, 2.75) is 25.4 Å². The van der Waals surface area contributed by atoms with Crippen LogP contribution in [0.1, 0.15) is 18.4 Å². The second kappa shape index (κ2) is 5.75. The predicted molar refractivity (Wildman–Crippen MR) is 64.8 cm³/mol. The topological polar surface area (TPSA) is 21.3 Å². The molecule has 1 fully saturated rings. The molecule has 0 radical (unpaired) electrons. The Labute approximate surface area is 103 Å². The summed E-state index contributed by atoms with van der Waals surface area (Å²) in [6.07, 6.45) is 2.08. The number of nitrogens with one attached hydrogen (secondary N) is 1. The predicted octanol–water partition coefficient (Wildman–Crippen LogP) is 2.86. The van der Waals surface area contributed by atoms with Crippen molar-refractivity contribution in [3.8, 4) is 0 Å². The first-order chi connectivity index (χ1) is 7.75. The summed E-state index contributed by atoms with van der Waals surface area (Å²) in [5.41, 5.74) is 0.979. The number of hydrogen-bond acceptors (Lipinski definition) is 2. The van der Waals surface area contributed by atoms with E-state index in [0.717, 1.165) is 38.2 Å². The van der Waals surface area contributed by atoms with Gasteiger partial charge in [-0.05, 0) is 46.5 Å². The Hall–Kier alpha value is -0.450. The van der Waals surface area contributed by atoms with Crippen molar-refractivity contribution in [3.05, 3.63) is 34.1 Å². The fraction of sp³-hybridized carbons (Fsp3) is 0.500. The van der Waals surface area contributed by atoms with Crippen LogP contribution in [0, 0.1) is 5.82 Å². The molecule has 1 aromatic rings. The van der Waals surface area contributed by atoms with Gasteiger partial charge in [-0.1, -0.05) is 6.07 Å². The maximum absolute atomic E-state index is 13.3. The van der Waals surface area contributed by atoms with Gasteiger partial charge in [0.2, 0.25) is 0 Å². The van der Waals surface area contributed by atoms with E-state index >= 15 is 0 Å². The first-order valence-corrected chi connectivity index (χ1v) is 6.30. The van der Waals surface area contributed by atoms with Gasteiger partial charge in [-0.25, -0.2) is 4.39 Å². The lowest BCUT2D eigenvalue weighted by Gasteiger charge is -2.23. The number of ether oxygens (including phenoxy) is 1. The molecule has 0 unspecified atom stereocenters. The van der Waals surface area contributed by atoms with Gasteiger partial charge in [0.25, 0.3) is 0 Å². The molecule has 0 spiro atoms. The van der Waals surface area contributed by atoms with Crippen LogP contribution in [0.25, 0.3) is 0 Å². The highest BCUT2D eigenvalue weighted by atomic mass is 79.9. The molecule has 1 aliphatic heterocycles. The Morgan fingerprint density at radius 1 is 1.38 bits per heavy atom. The van der Waals surface area contributed by atoms with Gasteiger partial charge in [0.1, 0.15) is 5.82 Å². The highest BCUT2D eigenvalue weighted by molar-refractivity contribution is 9.10. The fourth-order valence-corrected chi connectivity index (χ4v) is 2.06. The van der Waals surface area contributed by atoms with Gasteiger partial charge in [-0.2, -0.15) is 0 Å². The molecule has 2 nitrogen and oxygen atoms in total. The molecule has 1 N–H and O–H groups in total. The van der Waals surface area contributed by atoms with E-state index in [0.29, 0.717) is 10.5 Å². The van der Waals surface area contributed by atoms with Crippen molar-refractivity contribution in [3.63, 3.8) is 0 Å². The van der Waals surface area contributed by atoms with E-state index in [1.54, 1.807) is 12.1 Å². The van der Waals surface area contributed by atoms with E-state index in [4.69, 9.17) is 4.74 Å². The van der Waals surface area contributed by atoms with Gasteiger partial charge in [0.15, 0.2) is 0 Å². The summed E-state index contributed by atoms with van der Waals surface area (Å²) in [4.78, 5) is 0. The Morgan fingerprint density at radius 3 is 2.81 bits per heavy atom. The molecule has 1 saturated heterocycles. The zero-order valence-electron chi connectivity index (χ0n) is 9.01. The monoisotopic (exact) mass is 287 g/mol. The van der Waals surface area contributed by atoms with Crippen molar-refractivity contribution < 1.29 is 9.13 Å². The Kier molecular flexibility index (Phi) is 4.32. The van der Waals surface area contributed by atoms with Gasteiger partial charge in [-0.15, -0.1) is 0 Å². The van der Waals surface area contributed by atoms with Crippen LogP contribution in [-0.4, -0.2) is 19.3 Å². The van der Waals surface area contributed by atoms with Gasteiger partial charge < -0.3 is 10.1 Å². The van der Waals surface area contributed by atoms with Crippen LogP contribution >= 0.6 is 15.9 Å². The Bertz CT molecular complexity index is 353. The minimum absolute atomic E-state index is 0.203. The first-order valence-electron chi connectivity index (χ1n) is 5.51. The third-order valence-corrected chi connectivity index (χ3v) is 3.44. The third kappa shape index (κ3) is 3.27. The molecule has 0 saturated carbocycles. The fourth-order valence-electron chi connectivity index (χ4n) is 1.81. The molecule has 0 amide bonds. The quantitative estimate of drug-likeness (QED) is 0.923. The van der Waals surface area contributed by atoms with E-state index in [9.17, 15) is 4.39 Å². The number of hydrogen-bond donors (Lipinski definition) is 1. The summed E-state index contributed by atoms with van der Waals surface area (Å²) in [7, 11) is 0. The lowest BCUT2D eigenvalue weighted by atomic mass is 10.1. The third-order valence-electron chi connectivity index (χ3n) is 2.80. The Balaban J connectivity index is 1.86. The summed E-state index contributed by atoms with van der Waals surface area (Å²) < 4.78 is 19.0. The van der Waals surface area contributed by atoms with Crippen LogP contribution in [0.2, 0.25) is 0 Å². The van der Waals surface area contributed by atoms with E-state index < -0.39 is 0 Å². The molecule has 2 rings (SSSR count). The summed E-state index contributed by atoms with van der Waals surface area (Å²) in [5.74, 6) is -0.203. The van der Waals surface area contributed by atoms with Crippen LogP contribution in [0.3, 0.4) is 0 Å². The van der Waals surface area contributed by atoms with Crippen LogP contribution in [0.5, 0.6) is 0 Å². The van der Waals surface area contributed by atoms with Crippen molar-refractivity contribution >= 4 is 15.9 Å². The minimum Gasteiger partial charge on any atom is -0.381 e. The number of rotatable bonds is 3. The molecule has 0 bridgehead atoms. The van der Waals surface area contributed by atoms with Crippen LogP contribution in [-0.2, 0) is 11.3 Å². The molecule has 1 heterocycles. The Morgan fingerprint density at radius 2 is 2.12 bits per heavy atom. The van der Waals surface area contributed by atoms with Crippen LogP contribution < -0.4 is 5.32 Å². The van der Waals surface area contributed by atoms with Gasteiger partial charge in [0, 0.05) is 25.8 Å². The SMILES string of the molecule is Fc1cc(CNC2CCOCC2)ccc1Br. The molecule has 4 heteroatoms. The highest BCUT2D eigenvalue weighted by Crippen LogP contribution is 2.16. The largest absolute Gasteiger partial charge is 0.381 e. The summed E-state index contributed by atoms with van der Waals surface area (Å²) in [6, 6.07) is 5.74. The van der Waals surface area contributed by atoms with E-state index in [1.165, 1.54) is 0 Å². The zero-order chi connectivity index (χ0) is 11.4. The standard InChI is InChI=1S/C12H15BrFNO/c13-11-2-1-9(7-12(11)14)8-15-10-3-5-16-6-4-10/h1-2,7,10,15H,3-6,8H2. The normalized spacial score (nSPS) is 17.6. The number of benzene rings is 1. The molecular weight excluding hydrogens is 273 g/mol. The lowest BCUT2D eigenvalue weighted by molar-refractivity contribution is 0.0776. The number of halogens is 2. The minimum atomic E-state index is -0.203. The first kappa shape index (κ1) is 12.0. The molecule has 0 aliphatic carbocycles. The summed E-state index contributed by atoms with van der Waals surface area (Å²) >= 11 is 3.15. The second-order valence-electron chi connectivity index (χ2n) is 4.02. The van der Waals surface area contributed by atoms with Crippen molar-refractivity contribution in [2.75, 3.05) is 13.2 Å². The highest BCUT2D eigenvalue weighted by Gasteiger charge is 2.12. The molecular formula is C12H15BrFNO. The lowest BCUT2D eigenvalue weighted by Crippen LogP contribution is -2.34. The summed E-state index contributed by atoms with van der Waals surface area (Å²) in [6.45, 7) is 2.37. The average molecular weight is 288 g/mol. The van der Waals surface area contributed by atoms with E-state index in [2.05, 4.69) is 21.2 Å². The summed E-state index contributed by atoms with van der Waals surface area (Å²) in [5, 5.41) is 3.42. The van der Waals surface area contributed by atoms with E-state index in [1.807, 2.05) is 6.07 Å². The van der Waals surface area contributed by atoms with Crippen LogP contribution in [0.4, 0.5) is 4.39 Å². The van der Waals surface area contributed by atoms with Crippen LogP contribution in [0.15, 0.2) is 22.7 Å².